The van der Waals surface area contributed by atoms with Gasteiger partial charge in [-0.2, -0.15) is 0 Å². The number of likely N-dealkylation sites (tertiary alicyclic amines) is 1. The third kappa shape index (κ3) is 2.15. The molecule has 18 heavy (non-hydrogen) atoms. The highest BCUT2D eigenvalue weighted by Gasteiger charge is 2.46. The molecule has 1 aliphatic heterocycles. The van der Waals surface area contributed by atoms with Crippen LogP contribution >= 0.6 is 11.6 Å². The van der Waals surface area contributed by atoms with Crippen molar-refractivity contribution in [2.75, 3.05) is 13.1 Å². The van der Waals surface area contributed by atoms with Gasteiger partial charge >= 0.3 is 0 Å². The van der Waals surface area contributed by atoms with Crippen molar-refractivity contribution in [3.8, 4) is 0 Å². The Kier molecular flexibility index (Phi) is 3.43. The fourth-order valence-corrected chi connectivity index (χ4v) is 2.42. The highest BCUT2D eigenvalue weighted by atomic mass is 35.5. The van der Waals surface area contributed by atoms with Crippen molar-refractivity contribution in [3.05, 3.63) is 23.0 Å². The van der Waals surface area contributed by atoms with E-state index in [1.54, 1.807) is 17.2 Å². The Hall–Kier alpha value is -1.00. The van der Waals surface area contributed by atoms with E-state index in [4.69, 9.17) is 11.6 Å². The summed E-state index contributed by atoms with van der Waals surface area (Å²) >= 11 is 5.92. The van der Waals surface area contributed by atoms with Crippen molar-refractivity contribution < 1.29 is 9.90 Å². The van der Waals surface area contributed by atoms with E-state index in [1.807, 2.05) is 25.3 Å². The van der Waals surface area contributed by atoms with Crippen LogP contribution in [0.4, 0.5) is 0 Å². The lowest BCUT2D eigenvalue weighted by atomic mass is 9.83. The maximum absolute atomic E-state index is 12.3. The molecule has 1 N–H and O–H groups in total. The summed E-state index contributed by atoms with van der Waals surface area (Å²) < 4.78 is 1.83. The van der Waals surface area contributed by atoms with Crippen LogP contribution in [0.15, 0.2) is 12.3 Å². The van der Waals surface area contributed by atoms with Crippen molar-refractivity contribution in [3.63, 3.8) is 0 Å². The molecule has 0 saturated carbocycles. The van der Waals surface area contributed by atoms with Gasteiger partial charge in [-0.3, -0.25) is 4.79 Å². The lowest BCUT2D eigenvalue weighted by molar-refractivity contribution is -0.111. The molecule has 1 aromatic rings. The number of carbonyl (C=O) groups is 1. The third-order valence-electron chi connectivity index (χ3n) is 3.71. The van der Waals surface area contributed by atoms with Gasteiger partial charge in [0.2, 0.25) is 0 Å². The SMILES string of the molecule is CCn1cc(Cl)cc1C(=O)N1CC(O)(C(C)C)C1. The van der Waals surface area contributed by atoms with Gasteiger partial charge in [-0.1, -0.05) is 25.4 Å². The molecular weight excluding hydrogens is 252 g/mol. The highest BCUT2D eigenvalue weighted by molar-refractivity contribution is 6.31. The summed E-state index contributed by atoms with van der Waals surface area (Å²) in [5.41, 5.74) is -0.142. The van der Waals surface area contributed by atoms with Crippen LogP contribution in [0.3, 0.4) is 0 Å². The summed E-state index contributed by atoms with van der Waals surface area (Å²) in [5.74, 6) is 0.0946. The molecule has 0 aliphatic carbocycles. The van der Waals surface area contributed by atoms with Crippen LogP contribution in [0.25, 0.3) is 0 Å². The number of halogens is 1. The van der Waals surface area contributed by atoms with Gasteiger partial charge in [0.05, 0.1) is 18.1 Å². The summed E-state index contributed by atoms with van der Waals surface area (Å²) in [6.45, 7) is 7.40. The van der Waals surface area contributed by atoms with E-state index in [1.165, 1.54) is 0 Å². The number of β-amino-alcohol motifs (C(OH)–C–C–N with tert-alkyl or cyclic N) is 1. The van der Waals surface area contributed by atoms with Gasteiger partial charge in [0, 0.05) is 12.7 Å². The number of aryl methyl sites for hydroxylation is 1. The number of carbonyl (C=O) groups excluding carboxylic acids is 1. The molecule has 5 heteroatoms. The Morgan fingerprint density at radius 1 is 1.56 bits per heavy atom. The highest BCUT2D eigenvalue weighted by Crippen LogP contribution is 2.30. The molecule has 2 rings (SSSR count). The minimum absolute atomic E-state index is 0.0610. The topological polar surface area (TPSA) is 45.5 Å². The van der Waals surface area contributed by atoms with Crippen molar-refractivity contribution >= 4 is 17.5 Å². The Morgan fingerprint density at radius 3 is 2.67 bits per heavy atom. The van der Waals surface area contributed by atoms with Crippen molar-refractivity contribution in [1.29, 1.82) is 0 Å². The molecule has 0 atom stereocenters. The molecule has 1 saturated heterocycles. The molecule has 0 bridgehead atoms. The van der Waals surface area contributed by atoms with Crippen LogP contribution in [-0.2, 0) is 6.54 Å². The fourth-order valence-electron chi connectivity index (χ4n) is 2.20. The quantitative estimate of drug-likeness (QED) is 0.913. The van der Waals surface area contributed by atoms with Crippen molar-refractivity contribution in [1.82, 2.24) is 9.47 Å². The zero-order valence-corrected chi connectivity index (χ0v) is 11.7. The Morgan fingerprint density at radius 2 is 2.17 bits per heavy atom. The zero-order valence-electron chi connectivity index (χ0n) is 11.0. The molecule has 100 valence electrons. The summed E-state index contributed by atoms with van der Waals surface area (Å²) in [7, 11) is 0. The number of hydrogen-bond donors (Lipinski definition) is 1. The van der Waals surface area contributed by atoms with Gasteiger partial charge in [-0.25, -0.2) is 0 Å². The number of amides is 1. The van der Waals surface area contributed by atoms with Gasteiger partial charge in [0.1, 0.15) is 11.3 Å². The molecule has 0 aromatic carbocycles. The molecule has 1 amide bonds. The fraction of sp³-hybridized carbons (Fsp3) is 0.615. The number of rotatable bonds is 3. The molecule has 0 radical (unpaired) electrons. The maximum Gasteiger partial charge on any atom is 0.270 e. The second-order valence-corrected chi connectivity index (χ2v) is 5.69. The van der Waals surface area contributed by atoms with Crippen LogP contribution in [-0.4, -0.2) is 39.2 Å². The predicted molar refractivity (Wildman–Crippen MR) is 70.8 cm³/mol. The Balaban J connectivity index is 2.10. The van der Waals surface area contributed by atoms with E-state index in [2.05, 4.69) is 0 Å². The van der Waals surface area contributed by atoms with Gasteiger partial charge in [-0.15, -0.1) is 0 Å². The van der Waals surface area contributed by atoms with E-state index in [0.29, 0.717) is 30.4 Å². The molecule has 0 spiro atoms. The standard InChI is InChI=1S/C13H19ClN2O2/c1-4-15-6-10(14)5-11(15)12(17)16-7-13(18,8-16)9(2)3/h5-6,9,18H,4,7-8H2,1-3H3. The summed E-state index contributed by atoms with van der Waals surface area (Å²) in [6.07, 6.45) is 1.75. The van der Waals surface area contributed by atoms with E-state index in [0.717, 1.165) is 0 Å². The molecule has 2 heterocycles. The smallest absolute Gasteiger partial charge is 0.270 e. The lowest BCUT2D eigenvalue weighted by Gasteiger charge is -2.49. The molecular formula is C13H19ClN2O2. The first-order valence-electron chi connectivity index (χ1n) is 6.24. The normalized spacial score (nSPS) is 18.0. The second kappa shape index (κ2) is 4.59. The third-order valence-corrected chi connectivity index (χ3v) is 3.92. The maximum atomic E-state index is 12.3. The average molecular weight is 271 g/mol. The molecule has 1 aromatic heterocycles. The van der Waals surface area contributed by atoms with E-state index in [9.17, 15) is 9.90 Å². The minimum atomic E-state index is -0.733. The molecule has 1 fully saturated rings. The zero-order chi connectivity index (χ0) is 13.5. The van der Waals surface area contributed by atoms with E-state index in [-0.39, 0.29) is 11.8 Å². The number of hydrogen-bond acceptors (Lipinski definition) is 2. The monoisotopic (exact) mass is 270 g/mol. The van der Waals surface area contributed by atoms with E-state index >= 15 is 0 Å². The molecule has 4 nitrogen and oxygen atoms in total. The van der Waals surface area contributed by atoms with Crippen LogP contribution in [0.1, 0.15) is 31.3 Å². The van der Waals surface area contributed by atoms with Crippen LogP contribution < -0.4 is 0 Å². The first kappa shape index (κ1) is 13.4. The summed E-state index contributed by atoms with van der Waals surface area (Å²) in [5, 5.41) is 10.7. The van der Waals surface area contributed by atoms with Gasteiger partial charge in [-0.05, 0) is 18.9 Å². The lowest BCUT2D eigenvalue weighted by Crippen LogP contribution is -2.66. The van der Waals surface area contributed by atoms with Crippen LogP contribution in [0.5, 0.6) is 0 Å². The Labute approximate surface area is 112 Å². The average Bonchev–Trinajstić information content (AvgIpc) is 2.65. The predicted octanol–water partition coefficient (Wildman–Crippen LogP) is 2.00. The number of aromatic nitrogens is 1. The molecule has 0 unspecified atom stereocenters. The first-order chi connectivity index (χ1) is 8.37. The Bertz CT molecular complexity index is 462. The van der Waals surface area contributed by atoms with Gasteiger partial charge < -0.3 is 14.6 Å². The second-order valence-electron chi connectivity index (χ2n) is 5.25. The summed E-state index contributed by atoms with van der Waals surface area (Å²) in [6, 6.07) is 1.68. The largest absolute Gasteiger partial charge is 0.386 e. The van der Waals surface area contributed by atoms with Gasteiger partial charge in [0.25, 0.3) is 5.91 Å². The van der Waals surface area contributed by atoms with Crippen molar-refractivity contribution in [2.24, 2.45) is 5.92 Å². The summed E-state index contributed by atoms with van der Waals surface area (Å²) in [4.78, 5) is 13.9. The van der Waals surface area contributed by atoms with E-state index < -0.39 is 5.60 Å². The number of aliphatic hydroxyl groups is 1. The molecule has 1 aliphatic rings. The first-order valence-corrected chi connectivity index (χ1v) is 6.62. The van der Waals surface area contributed by atoms with Gasteiger partial charge in [0.15, 0.2) is 0 Å². The minimum Gasteiger partial charge on any atom is -0.386 e. The number of nitrogens with zero attached hydrogens (tertiary/aromatic N) is 2. The van der Waals surface area contributed by atoms with Crippen LogP contribution in [0.2, 0.25) is 5.02 Å². The van der Waals surface area contributed by atoms with Crippen LogP contribution in [0, 0.1) is 5.92 Å². The van der Waals surface area contributed by atoms with Crippen molar-refractivity contribution in [2.45, 2.75) is 32.9 Å².